The fraction of sp³-hybridized carbons (Fsp3) is 0.154. The average molecular weight is 380 g/mol. The maximum atomic E-state index is 12.4. The molecular formula is C26H24N2O. The first kappa shape index (κ1) is 19.0. The van der Waals surface area contributed by atoms with Crippen LogP contribution in [-0.2, 0) is 10.3 Å². The zero-order valence-corrected chi connectivity index (χ0v) is 16.5. The first-order valence-electron chi connectivity index (χ1n) is 9.82. The third kappa shape index (κ3) is 3.57. The minimum Gasteiger partial charge on any atom is -0.299 e. The lowest BCUT2D eigenvalue weighted by Gasteiger charge is -2.43. The van der Waals surface area contributed by atoms with Crippen molar-refractivity contribution in [3.63, 3.8) is 0 Å². The second kappa shape index (κ2) is 7.98. The predicted molar refractivity (Wildman–Crippen MR) is 118 cm³/mol. The Morgan fingerprint density at radius 2 is 1.28 bits per heavy atom. The Balaban J connectivity index is 1.99. The largest absolute Gasteiger partial charge is 0.299 e. The molecule has 4 rings (SSSR count). The monoisotopic (exact) mass is 380 g/mol. The highest BCUT2D eigenvalue weighted by atomic mass is 16.1. The lowest BCUT2D eigenvalue weighted by Crippen LogP contribution is -2.58. The van der Waals surface area contributed by atoms with Gasteiger partial charge in [-0.3, -0.25) is 15.1 Å². The van der Waals surface area contributed by atoms with Crippen molar-refractivity contribution in [3.8, 4) is 0 Å². The van der Waals surface area contributed by atoms with Crippen LogP contribution < -0.4 is 5.32 Å². The number of rotatable bonds is 6. The van der Waals surface area contributed by atoms with Crippen LogP contribution >= 0.6 is 0 Å². The molecule has 3 heteroatoms. The number of nitrogens with zero attached hydrogens (tertiary/aromatic N) is 1. The predicted octanol–water partition coefficient (Wildman–Crippen LogP) is 4.88. The molecule has 1 atom stereocenters. The molecule has 0 saturated heterocycles. The zero-order chi connectivity index (χ0) is 20.2. The van der Waals surface area contributed by atoms with Gasteiger partial charge in [-0.2, -0.15) is 0 Å². The van der Waals surface area contributed by atoms with E-state index >= 15 is 0 Å². The van der Waals surface area contributed by atoms with Crippen molar-refractivity contribution < 1.29 is 4.79 Å². The van der Waals surface area contributed by atoms with Crippen LogP contribution in [0.15, 0.2) is 108 Å². The van der Waals surface area contributed by atoms with E-state index in [1.807, 2.05) is 67.6 Å². The summed E-state index contributed by atoms with van der Waals surface area (Å²) in [6.07, 6.45) is 5.15. The summed E-state index contributed by atoms with van der Waals surface area (Å²) in [6, 6.07) is 30.8. The Morgan fingerprint density at radius 3 is 1.66 bits per heavy atom. The second-order valence-electron chi connectivity index (χ2n) is 7.48. The minimum atomic E-state index is -1.04. The lowest BCUT2D eigenvalue weighted by molar-refractivity contribution is -0.113. The first-order chi connectivity index (χ1) is 14.2. The van der Waals surface area contributed by atoms with E-state index in [1.54, 1.807) is 6.21 Å². The van der Waals surface area contributed by atoms with Gasteiger partial charge in [-0.1, -0.05) is 96.6 Å². The second-order valence-corrected chi connectivity index (χ2v) is 7.48. The van der Waals surface area contributed by atoms with Crippen molar-refractivity contribution in [2.24, 2.45) is 4.99 Å². The lowest BCUT2D eigenvalue weighted by atomic mass is 9.75. The maximum Gasteiger partial charge on any atom is 0.171 e. The molecule has 3 nitrogen and oxygen atoms in total. The van der Waals surface area contributed by atoms with Gasteiger partial charge in [0.15, 0.2) is 11.9 Å². The van der Waals surface area contributed by atoms with Crippen LogP contribution in [0.25, 0.3) is 0 Å². The summed E-state index contributed by atoms with van der Waals surface area (Å²) in [4.78, 5) is 17.0. The molecule has 0 saturated carbocycles. The number of allylic oxidation sites excluding steroid dienone is 1. The van der Waals surface area contributed by atoms with Gasteiger partial charge in [0, 0.05) is 12.6 Å². The van der Waals surface area contributed by atoms with Crippen molar-refractivity contribution in [1.82, 2.24) is 5.32 Å². The summed E-state index contributed by atoms with van der Waals surface area (Å²) in [5.41, 5.74) is 2.51. The number of aldehydes is 1. The number of aliphatic imine (C=N–C) groups is 1. The Morgan fingerprint density at radius 1 is 0.828 bits per heavy atom. The first-order valence-corrected chi connectivity index (χ1v) is 9.82. The number of carbonyl (C=O) groups excluding carboxylic acids is 1. The number of benzene rings is 3. The summed E-state index contributed by atoms with van der Waals surface area (Å²) in [5, 5.41) is 3.71. The van der Waals surface area contributed by atoms with Crippen LogP contribution in [-0.4, -0.2) is 18.2 Å². The average Bonchev–Trinajstić information content (AvgIpc) is 2.79. The molecule has 1 unspecified atom stereocenters. The molecular weight excluding hydrogens is 356 g/mol. The number of hydrogen-bond donors (Lipinski definition) is 1. The van der Waals surface area contributed by atoms with E-state index < -0.39 is 11.2 Å². The number of hydrogen-bond acceptors (Lipinski definition) is 3. The van der Waals surface area contributed by atoms with Crippen LogP contribution in [0.1, 0.15) is 30.0 Å². The van der Waals surface area contributed by atoms with Crippen LogP contribution in [0, 0.1) is 0 Å². The van der Waals surface area contributed by atoms with E-state index in [0.29, 0.717) is 6.42 Å². The highest BCUT2D eigenvalue weighted by Gasteiger charge is 2.44. The van der Waals surface area contributed by atoms with Crippen molar-refractivity contribution in [1.29, 1.82) is 0 Å². The van der Waals surface area contributed by atoms with Crippen LogP contribution in [0.2, 0.25) is 0 Å². The Kier molecular flexibility index (Phi) is 5.24. The molecule has 0 radical (unpaired) electrons. The van der Waals surface area contributed by atoms with Gasteiger partial charge in [-0.15, -0.1) is 0 Å². The Bertz CT molecular complexity index is 929. The molecule has 0 amide bonds. The molecule has 3 aromatic rings. The van der Waals surface area contributed by atoms with E-state index in [-0.39, 0.29) is 0 Å². The molecule has 144 valence electrons. The number of dihydropyridines is 1. The van der Waals surface area contributed by atoms with Gasteiger partial charge < -0.3 is 0 Å². The van der Waals surface area contributed by atoms with Gasteiger partial charge in [0.2, 0.25) is 0 Å². The topological polar surface area (TPSA) is 41.5 Å². The molecule has 1 aliphatic rings. The highest BCUT2D eigenvalue weighted by molar-refractivity contribution is 5.79. The van der Waals surface area contributed by atoms with E-state index in [4.69, 9.17) is 0 Å². The summed E-state index contributed by atoms with van der Waals surface area (Å²) in [6.45, 7) is 2.03. The van der Waals surface area contributed by atoms with E-state index in [0.717, 1.165) is 28.5 Å². The van der Waals surface area contributed by atoms with E-state index in [1.165, 1.54) is 0 Å². The van der Waals surface area contributed by atoms with Gasteiger partial charge in [-0.05, 0) is 29.7 Å². The molecule has 3 aromatic carbocycles. The highest BCUT2D eigenvalue weighted by Crippen LogP contribution is 2.39. The number of carbonyl (C=O) groups is 1. The van der Waals surface area contributed by atoms with Crippen LogP contribution in [0.3, 0.4) is 0 Å². The van der Waals surface area contributed by atoms with Crippen molar-refractivity contribution >= 4 is 12.5 Å². The SMILES string of the molecule is CC1=CC=NC(C=O)(NC(c2ccccc2)(c2ccccc2)c2ccccc2)C1. The van der Waals surface area contributed by atoms with E-state index in [9.17, 15) is 4.79 Å². The molecule has 0 fully saturated rings. The summed E-state index contributed by atoms with van der Waals surface area (Å²) < 4.78 is 0. The fourth-order valence-corrected chi connectivity index (χ4v) is 4.11. The van der Waals surface area contributed by atoms with Gasteiger partial charge in [0.1, 0.15) is 0 Å². The standard InChI is InChI=1S/C26H24N2O/c1-21-17-18-27-25(19-21,20-29)28-26(22-11-5-2-6-12-22,23-13-7-3-8-14-23)24-15-9-4-10-16-24/h2-18,20,28H,19H2,1H3. The van der Waals surface area contributed by atoms with Gasteiger partial charge in [-0.25, -0.2) is 0 Å². The van der Waals surface area contributed by atoms with Gasteiger partial charge in [0.05, 0.1) is 5.54 Å². The fourth-order valence-electron chi connectivity index (χ4n) is 4.11. The third-order valence-electron chi connectivity index (χ3n) is 5.43. The summed E-state index contributed by atoms with van der Waals surface area (Å²) >= 11 is 0. The third-order valence-corrected chi connectivity index (χ3v) is 5.43. The Hall–Kier alpha value is -3.30. The zero-order valence-electron chi connectivity index (χ0n) is 16.5. The molecule has 1 N–H and O–H groups in total. The quantitative estimate of drug-likeness (QED) is 0.489. The minimum absolute atomic E-state index is 0.529. The van der Waals surface area contributed by atoms with Crippen molar-refractivity contribution in [2.45, 2.75) is 24.5 Å². The normalized spacial score (nSPS) is 18.9. The van der Waals surface area contributed by atoms with Crippen molar-refractivity contribution in [2.75, 3.05) is 0 Å². The van der Waals surface area contributed by atoms with Crippen molar-refractivity contribution in [3.05, 3.63) is 119 Å². The molecule has 0 spiro atoms. The van der Waals surface area contributed by atoms with Gasteiger partial charge in [0.25, 0.3) is 0 Å². The van der Waals surface area contributed by atoms with Crippen LogP contribution in [0.5, 0.6) is 0 Å². The molecule has 1 aliphatic heterocycles. The van der Waals surface area contributed by atoms with Gasteiger partial charge >= 0.3 is 0 Å². The maximum absolute atomic E-state index is 12.4. The number of nitrogens with one attached hydrogen (secondary N) is 1. The summed E-state index contributed by atoms with van der Waals surface area (Å²) in [7, 11) is 0. The van der Waals surface area contributed by atoms with E-state index in [2.05, 4.69) is 46.7 Å². The Labute approximate surface area is 171 Å². The van der Waals surface area contributed by atoms with Crippen LogP contribution in [0.4, 0.5) is 0 Å². The molecule has 0 bridgehead atoms. The smallest absolute Gasteiger partial charge is 0.171 e. The molecule has 29 heavy (non-hydrogen) atoms. The molecule has 0 aliphatic carbocycles. The summed E-state index contributed by atoms with van der Waals surface area (Å²) in [5.74, 6) is 0. The molecule has 0 aromatic heterocycles. The molecule has 1 heterocycles.